The molecule has 1 aromatic rings. The number of nitriles is 1. The van der Waals surface area contributed by atoms with Crippen LogP contribution in [0.4, 0.5) is 10.1 Å². The molecule has 1 N–H and O–H groups in total. The van der Waals surface area contributed by atoms with Gasteiger partial charge in [0.1, 0.15) is 5.82 Å². The Bertz CT molecular complexity index is 562. The van der Waals surface area contributed by atoms with Gasteiger partial charge in [-0.2, -0.15) is 18.0 Å². The van der Waals surface area contributed by atoms with Gasteiger partial charge in [0.2, 0.25) is 0 Å². The predicted molar refractivity (Wildman–Crippen MR) is 66.6 cm³/mol. The lowest BCUT2D eigenvalue weighted by molar-refractivity contribution is 0.449. The minimum absolute atomic E-state index is 0.137. The largest absolute Gasteiger partial charge is 0.301 e. The Balaban J connectivity index is 3.02. The van der Waals surface area contributed by atoms with Crippen LogP contribution in [0.5, 0.6) is 0 Å². The molecule has 7 heteroatoms. The fourth-order valence-corrected chi connectivity index (χ4v) is 2.69. The highest BCUT2D eigenvalue weighted by atomic mass is 32.2. The maximum atomic E-state index is 13.5. The minimum Gasteiger partial charge on any atom is -0.268 e. The van der Waals surface area contributed by atoms with Crippen LogP contribution in [-0.4, -0.2) is 25.8 Å². The van der Waals surface area contributed by atoms with Crippen molar-refractivity contribution in [1.29, 1.82) is 5.26 Å². The lowest BCUT2D eigenvalue weighted by atomic mass is 10.2. The number of hydrogen-bond donors (Lipinski definition) is 1. The Kier molecular flexibility index (Phi) is 4.64. The van der Waals surface area contributed by atoms with Crippen LogP contribution in [0.3, 0.4) is 0 Å². The molecule has 98 valence electrons. The molecule has 18 heavy (non-hydrogen) atoms. The van der Waals surface area contributed by atoms with Crippen molar-refractivity contribution in [3.63, 3.8) is 0 Å². The first-order chi connectivity index (χ1) is 8.44. The van der Waals surface area contributed by atoms with Crippen LogP contribution >= 0.6 is 0 Å². The quantitative estimate of drug-likeness (QED) is 0.885. The normalized spacial score (nSPS) is 11.3. The summed E-state index contributed by atoms with van der Waals surface area (Å²) < 4.78 is 40.6. The summed E-state index contributed by atoms with van der Waals surface area (Å²) in [6.07, 6.45) is 0. The second-order valence-corrected chi connectivity index (χ2v) is 5.17. The van der Waals surface area contributed by atoms with Crippen LogP contribution in [-0.2, 0) is 10.2 Å². The molecule has 0 saturated carbocycles. The van der Waals surface area contributed by atoms with E-state index in [1.165, 1.54) is 16.4 Å². The Morgan fingerprint density at radius 1 is 1.39 bits per heavy atom. The van der Waals surface area contributed by atoms with E-state index in [9.17, 15) is 12.8 Å². The van der Waals surface area contributed by atoms with E-state index < -0.39 is 16.0 Å². The molecule has 1 rings (SSSR count). The molecule has 0 amide bonds. The molecule has 0 unspecified atom stereocenters. The van der Waals surface area contributed by atoms with E-state index in [1.807, 2.05) is 0 Å². The summed E-state index contributed by atoms with van der Waals surface area (Å²) in [7, 11) is -3.76. The first-order valence-corrected chi connectivity index (χ1v) is 6.86. The summed E-state index contributed by atoms with van der Waals surface area (Å²) in [5, 5.41) is 8.59. The molecule has 0 spiro atoms. The van der Waals surface area contributed by atoms with Gasteiger partial charge >= 0.3 is 10.2 Å². The second-order valence-electron chi connectivity index (χ2n) is 3.50. The Morgan fingerprint density at radius 2 is 2.00 bits per heavy atom. The molecule has 0 atom stereocenters. The maximum Gasteiger partial charge on any atom is 0.301 e. The predicted octanol–water partition coefficient (Wildman–Crippen LogP) is 1.70. The zero-order valence-corrected chi connectivity index (χ0v) is 11.0. The maximum absolute atomic E-state index is 13.5. The molecule has 0 aliphatic rings. The highest BCUT2D eigenvalue weighted by molar-refractivity contribution is 7.90. The number of rotatable bonds is 5. The lowest BCUT2D eigenvalue weighted by Gasteiger charge is -2.19. The van der Waals surface area contributed by atoms with Crippen LogP contribution in [0, 0.1) is 17.1 Å². The fourth-order valence-electron chi connectivity index (χ4n) is 1.43. The van der Waals surface area contributed by atoms with Gasteiger partial charge < -0.3 is 0 Å². The molecule has 0 aliphatic heterocycles. The van der Waals surface area contributed by atoms with Crippen molar-refractivity contribution in [2.45, 2.75) is 13.8 Å². The molecular formula is C11H14FN3O2S. The van der Waals surface area contributed by atoms with Gasteiger partial charge in [-0.1, -0.05) is 13.8 Å². The summed E-state index contributed by atoms with van der Waals surface area (Å²) in [6, 6.07) is 5.34. The van der Waals surface area contributed by atoms with Crippen molar-refractivity contribution in [1.82, 2.24) is 4.31 Å². The standard InChI is InChI=1S/C11H14FN3O2S/c1-3-15(4-2)18(16,17)14-11-6-5-9(8-13)7-10(11)12/h5-7,14H,3-4H2,1-2H3. The van der Waals surface area contributed by atoms with Crippen molar-refractivity contribution >= 4 is 15.9 Å². The molecule has 0 fully saturated rings. The number of anilines is 1. The Hall–Kier alpha value is -1.65. The van der Waals surface area contributed by atoms with Gasteiger partial charge in [-0.15, -0.1) is 0 Å². The van der Waals surface area contributed by atoms with E-state index in [0.29, 0.717) is 13.1 Å². The first-order valence-electron chi connectivity index (χ1n) is 5.42. The van der Waals surface area contributed by atoms with Gasteiger partial charge in [-0.3, -0.25) is 4.72 Å². The SMILES string of the molecule is CCN(CC)S(=O)(=O)Nc1ccc(C#N)cc1F. The number of nitrogens with one attached hydrogen (secondary N) is 1. The van der Waals surface area contributed by atoms with Crippen molar-refractivity contribution in [3.8, 4) is 6.07 Å². The summed E-state index contributed by atoms with van der Waals surface area (Å²) in [6.45, 7) is 3.98. The average molecular weight is 271 g/mol. The van der Waals surface area contributed by atoms with E-state index in [4.69, 9.17) is 5.26 Å². The third-order valence-electron chi connectivity index (χ3n) is 2.38. The molecule has 0 radical (unpaired) electrons. The van der Waals surface area contributed by atoms with E-state index in [0.717, 1.165) is 6.07 Å². The smallest absolute Gasteiger partial charge is 0.268 e. The zero-order chi connectivity index (χ0) is 13.8. The molecular weight excluding hydrogens is 257 g/mol. The Morgan fingerprint density at radius 3 is 2.44 bits per heavy atom. The molecule has 1 aromatic carbocycles. The van der Waals surface area contributed by atoms with E-state index in [-0.39, 0.29) is 11.3 Å². The zero-order valence-electron chi connectivity index (χ0n) is 10.1. The molecule has 0 saturated heterocycles. The Labute approximate surface area is 106 Å². The molecule has 5 nitrogen and oxygen atoms in total. The van der Waals surface area contributed by atoms with Gasteiger partial charge in [-0.05, 0) is 18.2 Å². The highest BCUT2D eigenvalue weighted by Gasteiger charge is 2.19. The van der Waals surface area contributed by atoms with Gasteiger partial charge in [0.25, 0.3) is 0 Å². The molecule has 0 heterocycles. The van der Waals surface area contributed by atoms with Crippen molar-refractivity contribution < 1.29 is 12.8 Å². The van der Waals surface area contributed by atoms with Gasteiger partial charge in [0, 0.05) is 13.1 Å². The lowest BCUT2D eigenvalue weighted by Crippen LogP contribution is -2.35. The van der Waals surface area contributed by atoms with E-state index in [2.05, 4.69) is 4.72 Å². The minimum atomic E-state index is -3.76. The van der Waals surface area contributed by atoms with Crippen LogP contribution in [0.25, 0.3) is 0 Å². The second kappa shape index (κ2) is 5.80. The van der Waals surface area contributed by atoms with Gasteiger partial charge in [0.05, 0.1) is 17.3 Å². The number of halogens is 1. The first kappa shape index (κ1) is 14.4. The summed E-state index contributed by atoms with van der Waals surface area (Å²) in [5.41, 5.74) is -0.0285. The molecule has 0 aromatic heterocycles. The highest BCUT2D eigenvalue weighted by Crippen LogP contribution is 2.17. The summed E-state index contributed by atoms with van der Waals surface area (Å²) in [5.74, 6) is -0.773. The molecule has 0 aliphatic carbocycles. The van der Waals surface area contributed by atoms with Gasteiger partial charge in [0.15, 0.2) is 0 Å². The average Bonchev–Trinajstić information content (AvgIpc) is 2.32. The third kappa shape index (κ3) is 3.18. The fraction of sp³-hybridized carbons (Fsp3) is 0.364. The van der Waals surface area contributed by atoms with E-state index >= 15 is 0 Å². The monoisotopic (exact) mass is 271 g/mol. The van der Waals surface area contributed by atoms with Crippen molar-refractivity contribution in [2.75, 3.05) is 17.8 Å². The van der Waals surface area contributed by atoms with E-state index in [1.54, 1.807) is 19.9 Å². The van der Waals surface area contributed by atoms with Crippen LogP contribution in [0.1, 0.15) is 19.4 Å². The van der Waals surface area contributed by atoms with Crippen LogP contribution < -0.4 is 4.72 Å². The number of benzene rings is 1. The number of nitrogens with zero attached hydrogens (tertiary/aromatic N) is 2. The molecule has 0 bridgehead atoms. The summed E-state index contributed by atoms with van der Waals surface area (Å²) in [4.78, 5) is 0. The topological polar surface area (TPSA) is 73.2 Å². The van der Waals surface area contributed by atoms with Crippen LogP contribution in [0.2, 0.25) is 0 Å². The van der Waals surface area contributed by atoms with Gasteiger partial charge in [-0.25, -0.2) is 4.39 Å². The number of hydrogen-bond acceptors (Lipinski definition) is 3. The third-order valence-corrected chi connectivity index (χ3v) is 4.06. The van der Waals surface area contributed by atoms with Crippen LogP contribution in [0.15, 0.2) is 18.2 Å². The van der Waals surface area contributed by atoms with Crippen molar-refractivity contribution in [2.24, 2.45) is 0 Å². The van der Waals surface area contributed by atoms with Crippen molar-refractivity contribution in [3.05, 3.63) is 29.6 Å². The summed E-state index contributed by atoms with van der Waals surface area (Å²) >= 11 is 0.